The van der Waals surface area contributed by atoms with Crippen molar-refractivity contribution in [2.45, 2.75) is 26.8 Å². The van der Waals surface area contributed by atoms with Gasteiger partial charge in [-0.15, -0.1) is 0 Å². The molecule has 1 aromatic rings. The molecule has 0 amide bonds. The highest BCUT2D eigenvalue weighted by molar-refractivity contribution is 6.34. The van der Waals surface area contributed by atoms with Crippen molar-refractivity contribution in [2.75, 3.05) is 26.2 Å². The van der Waals surface area contributed by atoms with E-state index in [1.807, 2.05) is 12.1 Å². The van der Waals surface area contributed by atoms with Crippen LogP contribution in [0.2, 0.25) is 10.0 Å². The molecule has 18 heavy (non-hydrogen) atoms. The van der Waals surface area contributed by atoms with Crippen LogP contribution in [0.25, 0.3) is 0 Å². The maximum atomic E-state index is 5.95. The van der Waals surface area contributed by atoms with E-state index >= 15 is 0 Å². The van der Waals surface area contributed by atoms with Crippen LogP contribution in [-0.4, -0.2) is 31.1 Å². The van der Waals surface area contributed by atoms with Crippen LogP contribution in [0.15, 0.2) is 18.2 Å². The van der Waals surface area contributed by atoms with Crippen molar-refractivity contribution in [3.8, 4) is 0 Å². The minimum Gasteiger partial charge on any atom is -0.313 e. The summed E-state index contributed by atoms with van der Waals surface area (Å²) < 4.78 is 0. The van der Waals surface area contributed by atoms with Crippen LogP contribution >= 0.6 is 23.2 Å². The summed E-state index contributed by atoms with van der Waals surface area (Å²) in [5.74, 6) is 0. The molecule has 0 aromatic heterocycles. The van der Waals surface area contributed by atoms with Gasteiger partial charge in [0.2, 0.25) is 0 Å². The summed E-state index contributed by atoms with van der Waals surface area (Å²) in [6.45, 7) is 9.63. The average molecular weight is 289 g/mol. The summed E-state index contributed by atoms with van der Waals surface area (Å²) in [5, 5.41) is 4.81. The van der Waals surface area contributed by atoms with E-state index < -0.39 is 0 Å². The lowest BCUT2D eigenvalue weighted by molar-refractivity contribution is 0.298. The summed E-state index contributed by atoms with van der Waals surface area (Å²) in [6.07, 6.45) is 1.16. The van der Waals surface area contributed by atoms with Gasteiger partial charge < -0.3 is 10.2 Å². The van der Waals surface area contributed by atoms with E-state index in [4.69, 9.17) is 23.2 Å². The Balaban J connectivity index is 2.21. The zero-order valence-corrected chi connectivity index (χ0v) is 12.7. The van der Waals surface area contributed by atoms with Gasteiger partial charge in [-0.3, -0.25) is 0 Å². The molecule has 0 bridgehead atoms. The van der Waals surface area contributed by atoms with Gasteiger partial charge in [-0.1, -0.05) is 37.0 Å². The monoisotopic (exact) mass is 288 g/mol. The fraction of sp³-hybridized carbons (Fsp3) is 0.571. The SMILES string of the molecule is CCN(CC)CCCNCc1cc(Cl)cc(Cl)c1. The summed E-state index contributed by atoms with van der Waals surface area (Å²) in [6, 6.07) is 5.66. The minimum atomic E-state index is 0.697. The number of nitrogens with zero attached hydrogens (tertiary/aromatic N) is 1. The fourth-order valence-electron chi connectivity index (χ4n) is 1.91. The predicted octanol–water partition coefficient (Wildman–Crippen LogP) is 3.81. The Labute approximate surface area is 120 Å². The highest BCUT2D eigenvalue weighted by atomic mass is 35.5. The van der Waals surface area contributed by atoms with Crippen LogP contribution in [0.3, 0.4) is 0 Å². The van der Waals surface area contributed by atoms with E-state index in [1.165, 1.54) is 0 Å². The van der Waals surface area contributed by atoms with Gasteiger partial charge in [0, 0.05) is 16.6 Å². The molecule has 0 aliphatic carbocycles. The lowest BCUT2D eigenvalue weighted by Crippen LogP contribution is -2.27. The summed E-state index contributed by atoms with van der Waals surface area (Å²) >= 11 is 11.9. The van der Waals surface area contributed by atoms with Crippen molar-refractivity contribution in [3.05, 3.63) is 33.8 Å². The van der Waals surface area contributed by atoms with Crippen molar-refractivity contribution in [1.29, 1.82) is 0 Å². The van der Waals surface area contributed by atoms with Gasteiger partial charge in [-0.25, -0.2) is 0 Å². The van der Waals surface area contributed by atoms with Crippen LogP contribution in [0.5, 0.6) is 0 Å². The molecule has 0 heterocycles. The van der Waals surface area contributed by atoms with Gasteiger partial charge in [0.1, 0.15) is 0 Å². The molecular weight excluding hydrogens is 267 g/mol. The molecule has 1 rings (SSSR count). The first kappa shape index (κ1) is 15.8. The van der Waals surface area contributed by atoms with Gasteiger partial charge in [-0.2, -0.15) is 0 Å². The molecule has 0 saturated heterocycles. The highest BCUT2D eigenvalue weighted by Crippen LogP contribution is 2.18. The number of rotatable bonds is 8. The molecule has 0 unspecified atom stereocenters. The number of hydrogen-bond donors (Lipinski definition) is 1. The minimum absolute atomic E-state index is 0.697. The smallest absolute Gasteiger partial charge is 0.0424 e. The van der Waals surface area contributed by atoms with Crippen molar-refractivity contribution in [3.63, 3.8) is 0 Å². The van der Waals surface area contributed by atoms with E-state index in [2.05, 4.69) is 24.1 Å². The third-order valence-corrected chi connectivity index (χ3v) is 3.41. The van der Waals surface area contributed by atoms with Gasteiger partial charge in [0.15, 0.2) is 0 Å². The Kier molecular flexibility index (Phi) is 7.68. The molecule has 0 atom stereocenters. The Hall–Kier alpha value is -0.280. The fourth-order valence-corrected chi connectivity index (χ4v) is 2.48. The standard InChI is InChI=1S/C14H22Cl2N2/c1-3-18(4-2)7-5-6-17-11-12-8-13(15)10-14(16)9-12/h8-10,17H,3-7,11H2,1-2H3. The van der Waals surface area contributed by atoms with E-state index in [1.54, 1.807) is 6.07 Å². The molecule has 1 N–H and O–H groups in total. The first-order valence-corrected chi connectivity index (χ1v) is 7.29. The molecule has 2 nitrogen and oxygen atoms in total. The number of hydrogen-bond acceptors (Lipinski definition) is 2. The zero-order chi connectivity index (χ0) is 13.4. The van der Waals surface area contributed by atoms with Crippen LogP contribution in [0, 0.1) is 0 Å². The van der Waals surface area contributed by atoms with Crippen LogP contribution in [0.4, 0.5) is 0 Å². The second kappa shape index (κ2) is 8.76. The number of benzene rings is 1. The molecule has 0 aliphatic heterocycles. The van der Waals surface area contributed by atoms with Crippen molar-refractivity contribution >= 4 is 23.2 Å². The second-order valence-electron chi connectivity index (χ2n) is 4.33. The van der Waals surface area contributed by atoms with Gasteiger partial charge >= 0.3 is 0 Å². The number of halogens is 2. The topological polar surface area (TPSA) is 15.3 Å². The third-order valence-electron chi connectivity index (χ3n) is 2.97. The Morgan fingerprint density at radius 1 is 1.06 bits per heavy atom. The van der Waals surface area contributed by atoms with E-state index in [0.29, 0.717) is 10.0 Å². The maximum Gasteiger partial charge on any atom is 0.0424 e. The average Bonchev–Trinajstić information content (AvgIpc) is 2.32. The van der Waals surface area contributed by atoms with Crippen molar-refractivity contribution in [2.24, 2.45) is 0 Å². The maximum absolute atomic E-state index is 5.95. The first-order valence-electron chi connectivity index (χ1n) is 6.53. The lowest BCUT2D eigenvalue weighted by atomic mass is 10.2. The zero-order valence-electron chi connectivity index (χ0n) is 11.2. The molecule has 0 spiro atoms. The number of nitrogens with one attached hydrogen (secondary N) is 1. The molecular formula is C14H22Cl2N2. The molecule has 0 aliphatic rings. The van der Waals surface area contributed by atoms with Crippen LogP contribution in [-0.2, 0) is 6.54 Å². The molecule has 0 saturated carbocycles. The van der Waals surface area contributed by atoms with Crippen LogP contribution < -0.4 is 5.32 Å². The quantitative estimate of drug-likeness (QED) is 0.732. The van der Waals surface area contributed by atoms with Gasteiger partial charge in [0.05, 0.1) is 0 Å². The third kappa shape index (κ3) is 6.05. The molecule has 4 heteroatoms. The van der Waals surface area contributed by atoms with Crippen molar-refractivity contribution in [1.82, 2.24) is 10.2 Å². The van der Waals surface area contributed by atoms with E-state index in [9.17, 15) is 0 Å². The van der Waals surface area contributed by atoms with Gasteiger partial charge in [-0.05, 0) is 56.4 Å². The van der Waals surface area contributed by atoms with E-state index in [0.717, 1.165) is 44.7 Å². The molecule has 102 valence electrons. The van der Waals surface area contributed by atoms with Gasteiger partial charge in [0.25, 0.3) is 0 Å². The van der Waals surface area contributed by atoms with Crippen LogP contribution in [0.1, 0.15) is 25.8 Å². The normalized spacial score (nSPS) is 11.2. The Morgan fingerprint density at radius 2 is 1.67 bits per heavy atom. The van der Waals surface area contributed by atoms with E-state index in [-0.39, 0.29) is 0 Å². The first-order chi connectivity index (χ1) is 8.65. The summed E-state index contributed by atoms with van der Waals surface area (Å²) in [5.41, 5.74) is 1.13. The molecule has 1 aromatic carbocycles. The van der Waals surface area contributed by atoms with Crippen molar-refractivity contribution < 1.29 is 0 Å². The summed E-state index contributed by atoms with van der Waals surface area (Å²) in [4.78, 5) is 2.43. The predicted molar refractivity (Wildman–Crippen MR) is 80.6 cm³/mol. The largest absolute Gasteiger partial charge is 0.313 e. The Morgan fingerprint density at radius 3 is 2.22 bits per heavy atom. The highest BCUT2D eigenvalue weighted by Gasteiger charge is 2.00. The molecule has 0 fully saturated rings. The lowest BCUT2D eigenvalue weighted by Gasteiger charge is -2.17. The second-order valence-corrected chi connectivity index (χ2v) is 5.21. The molecule has 0 radical (unpaired) electrons. The Bertz CT molecular complexity index is 331. The summed E-state index contributed by atoms with van der Waals surface area (Å²) in [7, 11) is 0.